The highest BCUT2D eigenvalue weighted by atomic mass is 35.5. The fraction of sp³-hybridized carbons (Fsp3) is 0.545. The van der Waals surface area contributed by atoms with Gasteiger partial charge in [0.25, 0.3) is 0 Å². The van der Waals surface area contributed by atoms with E-state index in [9.17, 15) is 9.32 Å². The third-order valence-electron chi connectivity index (χ3n) is 7.28. The Kier molecular flexibility index (Phi) is 4.75. The number of anilines is 3. The van der Waals surface area contributed by atoms with Crippen molar-refractivity contribution in [3.63, 3.8) is 0 Å². The summed E-state index contributed by atoms with van der Waals surface area (Å²) in [6, 6.07) is 6.01. The third kappa shape index (κ3) is 3.18. The Labute approximate surface area is 189 Å². The number of aryl methyl sites for hydroxylation is 1. The number of aliphatic hydroxyl groups excluding tert-OH is 1. The number of hydrogen-bond acceptors (Lipinski definition) is 7. The third-order valence-corrected chi connectivity index (χ3v) is 8.96. The van der Waals surface area contributed by atoms with Gasteiger partial charge in [-0.05, 0) is 61.8 Å². The van der Waals surface area contributed by atoms with Crippen molar-refractivity contribution in [3.8, 4) is 0 Å². The minimum absolute atomic E-state index is 0.0468. The average Bonchev–Trinajstić information content (AvgIpc) is 3.14. The van der Waals surface area contributed by atoms with E-state index in [1.54, 1.807) is 0 Å². The van der Waals surface area contributed by atoms with E-state index in [0.29, 0.717) is 23.9 Å². The van der Waals surface area contributed by atoms with Gasteiger partial charge in [-0.3, -0.25) is 9.22 Å². The Morgan fingerprint density at radius 2 is 2.06 bits per heavy atom. The molecule has 5 heterocycles. The zero-order valence-electron chi connectivity index (χ0n) is 17.3. The standard InChI is InChI=1S/C22H26ClN5O2S/c23-15-2-3-18-16(12-15)14-4-9-27(10-5-14)21-24-17-6-11-31(30)19(17)20(25-21)28(18)26-22(13-29)7-1-8-22/h2-3,12,14,26,29H,1,4-11,13H2. The number of nitrogens with zero attached hydrogens (tertiary/aromatic N) is 4. The molecule has 0 spiro atoms. The number of aromatic nitrogens is 2. The Balaban J connectivity index is 1.61. The maximum Gasteiger partial charge on any atom is 0.227 e. The molecular formula is C22H26ClN5O2S. The summed E-state index contributed by atoms with van der Waals surface area (Å²) in [5, 5.41) is 12.9. The van der Waals surface area contributed by atoms with Crippen LogP contribution in [0.4, 0.5) is 17.5 Å². The van der Waals surface area contributed by atoms with E-state index in [2.05, 4.69) is 16.4 Å². The minimum atomic E-state index is -1.14. The number of aliphatic hydroxyl groups is 1. The number of fused-ring (bicyclic) bond motifs is 3. The van der Waals surface area contributed by atoms with Crippen LogP contribution in [0.25, 0.3) is 0 Å². The molecule has 0 radical (unpaired) electrons. The molecule has 7 rings (SSSR count). The quantitative estimate of drug-likeness (QED) is 0.730. The first-order valence-corrected chi connectivity index (χ1v) is 12.8. The molecule has 5 aliphatic rings. The molecule has 4 aliphatic heterocycles. The van der Waals surface area contributed by atoms with Gasteiger partial charge in [-0.15, -0.1) is 0 Å². The molecule has 2 N–H and O–H groups in total. The molecular weight excluding hydrogens is 434 g/mol. The van der Waals surface area contributed by atoms with E-state index in [4.69, 9.17) is 21.6 Å². The Morgan fingerprint density at radius 1 is 1.26 bits per heavy atom. The van der Waals surface area contributed by atoms with Crippen LogP contribution in [0.3, 0.4) is 0 Å². The Morgan fingerprint density at radius 3 is 2.77 bits per heavy atom. The lowest BCUT2D eigenvalue weighted by Gasteiger charge is -2.46. The van der Waals surface area contributed by atoms with Crippen LogP contribution < -0.4 is 15.3 Å². The average molecular weight is 460 g/mol. The van der Waals surface area contributed by atoms with Crippen molar-refractivity contribution >= 4 is 39.9 Å². The number of hydrogen-bond donors (Lipinski definition) is 2. The molecule has 9 heteroatoms. The van der Waals surface area contributed by atoms with Crippen molar-refractivity contribution in [2.45, 2.75) is 54.9 Å². The highest BCUT2D eigenvalue weighted by Gasteiger charge is 2.41. The van der Waals surface area contributed by atoms with Crippen molar-refractivity contribution in [2.24, 2.45) is 0 Å². The highest BCUT2D eigenvalue weighted by Crippen LogP contribution is 2.44. The first kappa shape index (κ1) is 19.9. The van der Waals surface area contributed by atoms with Crippen molar-refractivity contribution in [1.82, 2.24) is 15.4 Å². The molecule has 1 aromatic heterocycles. The summed E-state index contributed by atoms with van der Waals surface area (Å²) in [5.41, 5.74) is 6.29. The van der Waals surface area contributed by atoms with Gasteiger partial charge in [-0.1, -0.05) is 11.6 Å². The maximum atomic E-state index is 13.0. The van der Waals surface area contributed by atoms with E-state index < -0.39 is 16.3 Å². The molecule has 0 amide bonds. The predicted octanol–water partition coefficient (Wildman–Crippen LogP) is 3.05. The van der Waals surface area contributed by atoms with Crippen LogP contribution in [0.5, 0.6) is 0 Å². The molecule has 1 unspecified atom stereocenters. The van der Waals surface area contributed by atoms with Crippen LogP contribution >= 0.6 is 11.6 Å². The molecule has 31 heavy (non-hydrogen) atoms. The van der Waals surface area contributed by atoms with Gasteiger partial charge < -0.3 is 10.0 Å². The Hall–Kier alpha value is -1.74. The second-order valence-corrected chi connectivity index (χ2v) is 11.1. The number of rotatable bonds is 3. The van der Waals surface area contributed by atoms with Crippen LogP contribution in [0.1, 0.15) is 49.3 Å². The lowest BCUT2D eigenvalue weighted by Crippen LogP contribution is -2.60. The van der Waals surface area contributed by atoms with Crippen LogP contribution in [0.15, 0.2) is 23.1 Å². The number of piperidine rings is 1. The normalized spacial score (nSPS) is 24.0. The topological polar surface area (TPSA) is 81.6 Å². The first-order valence-electron chi connectivity index (χ1n) is 11.1. The van der Waals surface area contributed by atoms with Crippen LogP contribution in [0.2, 0.25) is 5.02 Å². The largest absolute Gasteiger partial charge is 0.394 e. The van der Waals surface area contributed by atoms with Crippen LogP contribution in [-0.2, 0) is 17.2 Å². The lowest BCUT2D eigenvalue weighted by atomic mass is 9.78. The molecule has 2 fully saturated rings. The van der Waals surface area contributed by atoms with Crippen LogP contribution in [-0.4, -0.2) is 50.3 Å². The summed E-state index contributed by atoms with van der Waals surface area (Å²) in [7, 11) is -1.14. The van der Waals surface area contributed by atoms with Gasteiger partial charge in [-0.25, -0.2) is 10.4 Å². The van der Waals surface area contributed by atoms with Gasteiger partial charge in [0.2, 0.25) is 5.95 Å². The van der Waals surface area contributed by atoms with Crippen molar-refractivity contribution < 1.29 is 9.32 Å². The number of benzene rings is 1. The summed E-state index contributed by atoms with van der Waals surface area (Å²) in [4.78, 5) is 12.8. The molecule has 1 atom stereocenters. The van der Waals surface area contributed by atoms with E-state index in [1.165, 1.54) is 5.56 Å². The predicted molar refractivity (Wildman–Crippen MR) is 122 cm³/mol. The van der Waals surface area contributed by atoms with E-state index in [0.717, 1.165) is 72.4 Å². The van der Waals surface area contributed by atoms with Crippen LogP contribution in [0, 0.1) is 0 Å². The molecule has 4 bridgehead atoms. The van der Waals surface area contributed by atoms with Gasteiger partial charge in [0.1, 0.15) is 4.90 Å². The van der Waals surface area contributed by atoms with E-state index >= 15 is 0 Å². The zero-order chi connectivity index (χ0) is 21.2. The second kappa shape index (κ2) is 7.40. The van der Waals surface area contributed by atoms with Gasteiger partial charge in [0.05, 0.1) is 34.3 Å². The van der Waals surface area contributed by atoms with Gasteiger partial charge in [-0.2, -0.15) is 4.98 Å². The lowest BCUT2D eigenvalue weighted by molar-refractivity contribution is 0.0888. The minimum Gasteiger partial charge on any atom is -0.394 e. The zero-order valence-corrected chi connectivity index (χ0v) is 18.9. The number of hydrazine groups is 1. The van der Waals surface area contributed by atoms with E-state index in [1.807, 2.05) is 17.1 Å². The fourth-order valence-electron chi connectivity index (χ4n) is 5.28. The summed E-state index contributed by atoms with van der Waals surface area (Å²) in [6.45, 7) is 1.84. The number of nitrogens with one attached hydrogen (secondary N) is 1. The highest BCUT2D eigenvalue weighted by molar-refractivity contribution is 7.85. The molecule has 2 aromatic rings. The summed E-state index contributed by atoms with van der Waals surface area (Å²) < 4.78 is 13.0. The summed E-state index contributed by atoms with van der Waals surface area (Å²) in [5.74, 6) is 2.34. The monoisotopic (exact) mass is 459 g/mol. The smallest absolute Gasteiger partial charge is 0.227 e. The SMILES string of the molecule is O=S1CCc2nc3nc(c21)N(NC1(CO)CCC1)c1ccc(Cl)cc1C1CCN3CC1. The second-order valence-electron chi connectivity index (χ2n) is 9.13. The molecule has 164 valence electrons. The molecule has 1 aliphatic carbocycles. The summed E-state index contributed by atoms with van der Waals surface area (Å²) in [6.07, 6.45) is 5.57. The molecule has 1 saturated heterocycles. The molecule has 7 nitrogen and oxygen atoms in total. The van der Waals surface area contributed by atoms with Gasteiger partial charge in [0, 0.05) is 30.3 Å². The van der Waals surface area contributed by atoms with Crippen molar-refractivity contribution in [1.29, 1.82) is 0 Å². The van der Waals surface area contributed by atoms with E-state index in [-0.39, 0.29) is 6.61 Å². The molecule has 1 saturated carbocycles. The van der Waals surface area contributed by atoms with Crippen molar-refractivity contribution in [2.75, 3.05) is 35.4 Å². The van der Waals surface area contributed by atoms with Crippen molar-refractivity contribution in [3.05, 3.63) is 34.5 Å². The Bertz CT molecular complexity index is 1060. The van der Waals surface area contributed by atoms with Gasteiger partial charge in [0.15, 0.2) is 5.82 Å². The van der Waals surface area contributed by atoms with Gasteiger partial charge >= 0.3 is 0 Å². The summed E-state index contributed by atoms with van der Waals surface area (Å²) >= 11 is 6.45. The fourth-order valence-corrected chi connectivity index (χ4v) is 6.79. The number of halogens is 1. The first-order chi connectivity index (χ1) is 15.1. The maximum absolute atomic E-state index is 13.0. The molecule has 1 aromatic carbocycles.